The average Bonchev–Trinajstić information content (AvgIpc) is 2.46. The molecule has 0 radical (unpaired) electrons. The van der Waals surface area contributed by atoms with Crippen LogP contribution in [0.5, 0.6) is 5.75 Å². The lowest BCUT2D eigenvalue weighted by molar-refractivity contribution is -0.0871. The molecule has 1 aliphatic carbocycles. The van der Waals surface area contributed by atoms with Crippen LogP contribution >= 0.6 is 11.6 Å². The summed E-state index contributed by atoms with van der Waals surface area (Å²) in [5.74, 6) is -0.182. The van der Waals surface area contributed by atoms with Crippen LogP contribution < -0.4 is 10.1 Å². The molecule has 0 bridgehead atoms. The maximum absolute atomic E-state index is 13.9. The van der Waals surface area contributed by atoms with E-state index >= 15 is 0 Å². The summed E-state index contributed by atoms with van der Waals surface area (Å²) in [5.41, 5.74) is 0.0702. The Labute approximate surface area is 132 Å². The van der Waals surface area contributed by atoms with Gasteiger partial charge in [-0.1, -0.05) is 38.4 Å². The van der Waals surface area contributed by atoms with Crippen LogP contribution in [0, 0.1) is 11.2 Å². The first-order chi connectivity index (χ1) is 10.1. The van der Waals surface area contributed by atoms with Crippen LogP contribution in [-0.4, -0.2) is 18.7 Å². The maximum Gasteiger partial charge on any atom is 0.173 e. The fraction of sp³-hybridized carbons (Fsp3) is 0.647. The van der Waals surface area contributed by atoms with Gasteiger partial charge in [0.15, 0.2) is 11.6 Å². The summed E-state index contributed by atoms with van der Waals surface area (Å²) < 4.78 is 19.9. The van der Waals surface area contributed by atoms with Crippen molar-refractivity contribution in [1.82, 2.24) is 5.32 Å². The second-order valence-electron chi connectivity index (χ2n) is 5.84. The summed E-state index contributed by atoms with van der Waals surface area (Å²) in [7, 11) is 0. The average molecular weight is 314 g/mol. The van der Waals surface area contributed by atoms with Crippen LogP contribution in [0.15, 0.2) is 18.2 Å². The van der Waals surface area contributed by atoms with E-state index in [0.717, 1.165) is 32.2 Å². The molecule has 0 heterocycles. The number of hydrogen-bond donors (Lipinski definition) is 1. The molecule has 4 heteroatoms. The Kier molecular flexibility index (Phi) is 5.50. The van der Waals surface area contributed by atoms with Gasteiger partial charge in [0.05, 0.1) is 5.02 Å². The van der Waals surface area contributed by atoms with E-state index in [1.54, 1.807) is 12.1 Å². The zero-order valence-corrected chi connectivity index (χ0v) is 13.8. The fourth-order valence-electron chi connectivity index (χ4n) is 3.45. The van der Waals surface area contributed by atoms with Crippen molar-refractivity contribution in [3.63, 3.8) is 0 Å². The highest BCUT2D eigenvalue weighted by molar-refractivity contribution is 6.32. The largest absolute Gasteiger partial charge is 0.485 e. The van der Waals surface area contributed by atoms with Gasteiger partial charge >= 0.3 is 0 Å². The highest BCUT2D eigenvalue weighted by atomic mass is 35.5. The van der Waals surface area contributed by atoms with Crippen LogP contribution in [-0.2, 0) is 0 Å². The number of ether oxygens (including phenoxy) is 1. The summed E-state index contributed by atoms with van der Waals surface area (Å²) in [6.45, 7) is 7.54. The third-order valence-electron chi connectivity index (χ3n) is 4.92. The Hall–Kier alpha value is -0.800. The molecule has 0 amide bonds. The summed E-state index contributed by atoms with van der Waals surface area (Å²) in [5, 5.41) is 3.95. The molecule has 0 saturated heterocycles. The predicted octanol–water partition coefficient (Wildman–Crippen LogP) is 4.80. The molecule has 1 N–H and O–H groups in total. The van der Waals surface area contributed by atoms with Gasteiger partial charge in [-0.3, -0.25) is 0 Å². The number of benzene rings is 1. The molecular formula is C17H25ClFNO. The molecule has 1 aromatic carbocycles. The first-order valence-corrected chi connectivity index (χ1v) is 8.30. The Morgan fingerprint density at radius 3 is 2.62 bits per heavy atom. The van der Waals surface area contributed by atoms with Crippen molar-refractivity contribution in [1.29, 1.82) is 0 Å². The van der Waals surface area contributed by atoms with Crippen LogP contribution in [0.2, 0.25) is 5.02 Å². The van der Waals surface area contributed by atoms with Gasteiger partial charge in [0, 0.05) is 17.9 Å². The van der Waals surface area contributed by atoms with Gasteiger partial charge in [-0.05, 0) is 37.9 Å². The van der Waals surface area contributed by atoms with Gasteiger partial charge in [0.1, 0.15) is 6.10 Å². The van der Waals surface area contributed by atoms with Gasteiger partial charge in [-0.2, -0.15) is 0 Å². The summed E-state index contributed by atoms with van der Waals surface area (Å²) >= 11 is 6.07. The molecule has 2 unspecified atom stereocenters. The molecule has 1 aromatic rings. The monoisotopic (exact) mass is 313 g/mol. The smallest absolute Gasteiger partial charge is 0.173 e. The summed E-state index contributed by atoms with van der Waals surface area (Å²) in [6, 6.07) is 5.11. The van der Waals surface area contributed by atoms with Crippen molar-refractivity contribution in [2.75, 3.05) is 6.54 Å². The third kappa shape index (κ3) is 3.04. The zero-order chi connectivity index (χ0) is 15.5. The summed E-state index contributed by atoms with van der Waals surface area (Å²) in [4.78, 5) is 0. The lowest BCUT2D eigenvalue weighted by Crippen LogP contribution is -2.64. The number of halogens is 2. The Morgan fingerprint density at radius 2 is 2.05 bits per heavy atom. The first kappa shape index (κ1) is 16.6. The van der Waals surface area contributed by atoms with Crippen molar-refractivity contribution in [3.05, 3.63) is 29.0 Å². The lowest BCUT2D eigenvalue weighted by atomic mass is 9.58. The standard InChI is InChI=1S/C17H25ClFNO/c1-4-10-20-14-11-15(17(14,5-2)6-3)21-16-12(18)8-7-9-13(16)19/h7-9,14-15,20H,4-6,10-11H2,1-3H3. The molecule has 0 spiro atoms. The molecule has 1 aliphatic rings. The molecule has 21 heavy (non-hydrogen) atoms. The zero-order valence-electron chi connectivity index (χ0n) is 13.1. The van der Waals surface area contributed by atoms with Gasteiger partial charge in [0.25, 0.3) is 0 Å². The molecule has 2 rings (SSSR count). The van der Waals surface area contributed by atoms with Crippen LogP contribution in [0.1, 0.15) is 46.5 Å². The third-order valence-corrected chi connectivity index (χ3v) is 5.22. The maximum atomic E-state index is 13.9. The number of nitrogens with one attached hydrogen (secondary N) is 1. The molecule has 0 aliphatic heterocycles. The lowest BCUT2D eigenvalue weighted by Gasteiger charge is -2.55. The Bertz CT molecular complexity index is 456. The normalized spacial score (nSPS) is 23.7. The minimum atomic E-state index is -0.381. The number of hydrogen-bond acceptors (Lipinski definition) is 2. The van der Waals surface area contributed by atoms with Gasteiger partial charge in [0.2, 0.25) is 0 Å². The van der Waals surface area contributed by atoms with E-state index in [1.165, 1.54) is 6.07 Å². The molecule has 2 nitrogen and oxygen atoms in total. The van der Waals surface area contributed by atoms with E-state index in [-0.39, 0.29) is 23.1 Å². The molecule has 118 valence electrons. The van der Waals surface area contributed by atoms with E-state index in [9.17, 15) is 4.39 Å². The molecule has 1 saturated carbocycles. The van der Waals surface area contributed by atoms with E-state index in [2.05, 4.69) is 26.1 Å². The SMILES string of the molecule is CCCNC1CC(Oc2c(F)cccc2Cl)C1(CC)CC. The van der Waals surface area contributed by atoms with Gasteiger partial charge < -0.3 is 10.1 Å². The number of para-hydroxylation sites is 1. The molecular weight excluding hydrogens is 289 g/mol. The van der Waals surface area contributed by atoms with E-state index < -0.39 is 0 Å². The van der Waals surface area contributed by atoms with Crippen molar-refractivity contribution < 1.29 is 9.13 Å². The topological polar surface area (TPSA) is 21.3 Å². The second kappa shape index (κ2) is 6.97. The Morgan fingerprint density at radius 1 is 1.33 bits per heavy atom. The van der Waals surface area contributed by atoms with Gasteiger partial charge in [-0.15, -0.1) is 0 Å². The predicted molar refractivity (Wildman–Crippen MR) is 85.5 cm³/mol. The van der Waals surface area contributed by atoms with Crippen LogP contribution in [0.25, 0.3) is 0 Å². The van der Waals surface area contributed by atoms with Crippen molar-refractivity contribution in [2.45, 2.75) is 58.6 Å². The quantitative estimate of drug-likeness (QED) is 0.780. The highest BCUT2D eigenvalue weighted by Crippen LogP contribution is 2.49. The minimum Gasteiger partial charge on any atom is -0.485 e. The minimum absolute atomic E-state index is 0.0243. The molecule has 0 aromatic heterocycles. The molecule has 1 fully saturated rings. The van der Waals surface area contributed by atoms with Gasteiger partial charge in [-0.25, -0.2) is 4.39 Å². The van der Waals surface area contributed by atoms with Crippen LogP contribution in [0.3, 0.4) is 0 Å². The van der Waals surface area contributed by atoms with E-state index in [4.69, 9.17) is 16.3 Å². The highest BCUT2D eigenvalue weighted by Gasteiger charge is 2.54. The number of rotatable bonds is 7. The van der Waals surface area contributed by atoms with Crippen molar-refractivity contribution in [2.24, 2.45) is 5.41 Å². The van der Waals surface area contributed by atoms with Crippen molar-refractivity contribution in [3.8, 4) is 5.75 Å². The fourth-order valence-corrected chi connectivity index (χ4v) is 3.66. The Balaban J connectivity index is 2.13. The van der Waals surface area contributed by atoms with E-state index in [1.807, 2.05) is 0 Å². The summed E-state index contributed by atoms with van der Waals surface area (Å²) in [6.07, 6.45) is 4.08. The second-order valence-corrected chi connectivity index (χ2v) is 6.25. The molecule has 2 atom stereocenters. The van der Waals surface area contributed by atoms with Crippen LogP contribution in [0.4, 0.5) is 4.39 Å². The van der Waals surface area contributed by atoms with E-state index in [0.29, 0.717) is 11.1 Å². The first-order valence-electron chi connectivity index (χ1n) is 7.93. The van der Waals surface area contributed by atoms with Crippen molar-refractivity contribution >= 4 is 11.6 Å².